The Balaban J connectivity index is 7.37. The van der Waals surface area contributed by atoms with Crippen molar-refractivity contribution < 1.29 is 154 Å². The molecular weight excluding hydrogens is 950 g/mol. The van der Waals surface area contributed by atoms with Gasteiger partial charge in [-0.1, -0.05) is 13.8 Å². The second-order valence-electron chi connectivity index (χ2n) is 11.2. The van der Waals surface area contributed by atoms with Crippen molar-refractivity contribution >= 4 is 0 Å². The van der Waals surface area contributed by atoms with Gasteiger partial charge in [0.05, 0.1) is 12.5 Å². The van der Waals surface area contributed by atoms with Gasteiger partial charge in [0.2, 0.25) is 0 Å². The number of rotatable bonds is 18. The van der Waals surface area contributed by atoms with Gasteiger partial charge in [-0.3, -0.25) is 0 Å². The van der Waals surface area contributed by atoms with E-state index in [9.17, 15) is 149 Å². The molecule has 0 saturated carbocycles. The van der Waals surface area contributed by atoms with Crippen molar-refractivity contribution in [3.8, 4) is 0 Å². The summed E-state index contributed by atoms with van der Waals surface area (Å²) in [7, 11) is 0. The lowest BCUT2D eigenvalue weighted by Gasteiger charge is -2.43. The maximum absolute atomic E-state index is 14.5. The summed E-state index contributed by atoms with van der Waals surface area (Å²) in [5, 5.41) is 0. The van der Waals surface area contributed by atoms with Crippen molar-refractivity contribution in [1.82, 2.24) is 0 Å². The first-order valence-electron chi connectivity index (χ1n) is 13.6. The smallest absolute Gasteiger partial charge is 0.460 e. The Hall–Kier alpha value is -3.10. The SMILES string of the molecule is CCC(=COC=C(CC)C(F)(F)C(F)(F)C(F)(F)C(F)(F)C(F)(F)C(F)(F)C(F)(F)C(F)(F)F)C(F)(F)C(F)(F)C(F)(F)C(F)(F)C(F)(F)C(F)(F)C(F)(F)C(F)(F)F. The van der Waals surface area contributed by atoms with Crippen LogP contribution < -0.4 is 0 Å². The molecule has 0 aliphatic carbocycles. The molecule has 0 aliphatic heterocycles. The van der Waals surface area contributed by atoms with Gasteiger partial charge >= 0.3 is 95.3 Å². The highest BCUT2D eigenvalue weighted by molar-refractivity contribution is 5.25. The number of allylic oxidation sites excluding steroid dienone is 2. The van der Waals surface area contributed by atoms with Crippen LogP contribution >= 0.6 is 0 Å². The van der Waals surface area contributed by atoms with Crippen LogP contribution in [0.5, 0.6) is 0 Å². The lowest BCUT2D eigenvalue weighted by molar-refractivity contribution is -0.460. The third-order valence-electron chi connectivity index (χ3n) is 7.43. The molecular formula is C24H12F34O. The Bertz CT molecular complexity index is 1440. The van der Waals surface area contributed by atoms with Crippen LogP contribution in [0.3, 0.4) is 0 Å². The summed E-state index contributed by atoms with van der Waals surface area (Å²) in [6.45, 7) is -0.258. The molecule has 0 fully saturated rings. The molecule has 0 spiro atoms. The van der Waals surface area contributed by atoms with Crippen molar-refractivity contribution in [1.29, 1.82) is 0 Å². The first-order chi connectivity index (χ1) is 25.1. The number of alkyl halides is 34. The second-order valence-corrected chi connectivity index (χ2v) is 11.2. The molecule has 0 aliphatic rings. The van der Waals surface area contributed by atoms with Crippen LogP contribution in [-0.2, 0) is 4.74 Å². The Kier molecular flexibility index (Phi) is 14.0. The van der Waals surface area contributed by atoms with Gasteiger partial charge in [-0.05, 0) is 12.8 Å². The maximum atomic E-state index is 14.5. The van der Waals surface area contributed by atoms with Crippen LogP contribution in [-0.4, -0.2) is 95.3 Å². The number of hydrogen-bond acceptors (Lipinski definition) is 1. The number of ether oxygens (including phenoxy) is 1. The van der Waals surface area contributed by atoms with E-state index in [-0.39, 0.29) is 13.8 Å². The molecule has 0 amide bonds. The van der Waals surface area contributed by atoms with E-state index in [1.807, 2.05) is 0 Å². The Labute approximate surface area is 300 Å². The number of halogens is 34. The van der Waals surface area contributed by atoms with Gasteiger partial charge in [0.25, 0.3) is 0 Å². The van der Waals surface area contributed by atoms with Gasteiger partial charge < -0.3 is 4.74 Å². The molecule has 0 radical (unpaired) electrons. The summed E-state index contributed by atoms with van der Waals surface area (Å²) >= 11 is 0. The summed E-state index contributed by atoms with van der Waals surface area (Å²) < 4.78 is 463. The molecule has 0 unspecified atom stereocenters. The third-order valence-corrected chi connectivity index (χ3v) is 7.43. The Morgan fingerprint density at radius 1 is 0.271 bits per heavy atom. The number of hydrogen-bond donors (Lipinski definition) is 0. The summed E-state index contributed by atoms with van der Waals surface area (Å²) in [6, 6.07) is 0. The quantitative estimate of drug-likeness (QED) is 0.0983. The van der Waals surface area contributed by atoms with E-state index in [1.165, 1.54) is 0 Å². The highest BCUT2D eigenvalue weighted by atomic mass is 19.4. The highest BCUT2D eigenvalue weighted by Crippen LogP contribution is 2.66. The fourth-order valence-electron chi connectivity index (χ4n) is 3.69. The third kappa shape index (κ3) is 7.32. The van der Waals surface area contributed by atoms with Gasteiger partial charge in [-0.15, -0.1) is 0 Å². The van der Waals surface area contributed by atoms with Gasteiger partial charge in [-0.25, -0.2) is 0 Å². The zero-order valence-corrected chi connectivity index (χ0v) is 26.8. The first kappa shape index (κ1) is 55.9. The van der Waals surface area contributed by atoms with Crippen molar-refractivity contribution in [3.05, 3.63) is 23.7 Å². The molecule has 1 nitrogen and oxygen atoms in total. The minimum atomic E-state index is -9.16. The summed E-state index contributed by atoms with van der Waals surface area (Å²) in [4.78, 5) is 0. The largest absolute Gasteiger partial charge is 0.472 e. The van der Waals surface area contributed by atoms with Crippen LogP contribution in [0.2, 0.25) is 0 Å². The van der Waals surface area contributed by atoms with Gasteiger partial charge in [0.15, 0.2) is 0 Å². The van der Waals surface area contributed by atoms with Gasteiger partial charge in [-0.2, -0.15) is 149 Å². The zero-order chi connectivity index (χ0) is 48.7. The van der Waals surface area contributed by atoms with Crippen LogP contribution in [0, 0.1) is 0 Å². The summed E-state index contributed by atoms with van der Waals surface area (Å²) in [6.07, 6.45) is -24.1. The van der Waals surface area contributed by atoms with Crippen LogP contribution in [0.15, 0.2) is 23.7 Å². The second kappa shape index (κ2) is 14.8. The van der Waals surface area contributed by atoms with Gasteiger partial charge in [0.1, 0.15) is 0 Å². The zero-order valence-electron chi connectivity index (χ0n) is 26.8. The topological polar surface area (TPSA) is 9.23 Å². The molecule has 0 rings (SSSR count). The van der Waals surface area contributed by atoms with E-state index >= 15 is 0 Å². The maximum Gasteiger partial charge on any atom is 0.460 e. The fourth-order valence-corrected chi connectivity index (χ4v) is 3.69. The lowest BCUT2D eigenvalue weighted by atomic mass is 9.86. The molecule has 0 aromatic rings. The van der Waals surface area contributed by atoms with E-state index in [0.29, 0.717) is 0 Å². The molecule has 0 aromatic carbocycles. The predicted octanol–water partition coefficient (Wildman–Crippen LogP) is 13.6. The molecule has 0 bridgehead atoms. The summed E-state index contributed by atoms with van der Waals surface area (Å²) in [5.74, 6) is -122. The Morgan fingerprint density at radius 3 is 0.576 bits per heavy atom. The molecule has 0 aromatic heterocycles. The van der Waals surface area contributed by atoms with Crippen LogP contribution in [0.25, 0.3) is 0 Å². The van der Waals surface area contributed by atoms with E-state index in [2.05, 4.69) is 4.74 Å². The van der Waals surface area contributed by atoms with E-state index in [4.69, 9.17) is 0 Å². The lowest BCUT2D eigenvalue weighted by Crippen LogP contribution is -2.74. The van der Waals surface area contributed by atoms with E-state index in [1.54, 1.807) is 0 Å². The highest BCUT2D eigenvalue weighted by Gasteiger charge is 2.97. The molecule has 0 heterocycles. The predicted molar refractivity (Wildman–Crippen MR) is 119 cm³/mol. The van der Waals surface area contributed by atoms with Crippen LogP contribution in [0.4, 0.5) is 149 Å². The normalized spacial score (nSPS) is 17.2. The van der Waals surface area contributed by atoms with Gasteiger partial charge in [0, 0.05) is 11.1 Å². The molecule has 352 valence electrons. The van der Waals surface area contributed by atoms with Crippen molar-refractivity contribution in [2.24, 2.45) is 0 Å². The molecule has 0 atom stereocenters. The molecule has 35 heteroatoms. The average molecular weight is 962 g/mol. The van der Waals surface area contributed by atoms with E-state index < -0.39 is 132 Å². The first-order valence-corrected chi connectivity index (χ1v) is 13.6. The van der Waals surface area contributed by atoms with Crippen molar-refractivity contribution in [3.63, 3.8) is 0 Å². The van der Waals surface area contributed by atoms with Crippen LogP contribution in [0.1, 0.15) is 26.7 Å². The average Bonchev–Trinajstić information content (AvgIpc) is 3.02. The minimum absolute atomic E-state index is 0.129. The van der Waals surface area contributed by atoms with Crippen molar-refractivity contribution in [2.75, 3.05) is 0 Å². The van der Waals surface area contributed by atoms with Crippen molar-refractivity contribution in [2.45, 2.75) is 122 Å². The summed E-state index contributed by atoms with van der Waals surface area (Å²) in [5.41, 5.74) is -6.67. The molecule has 0 saturated heterocycles. The minimum Gasteiger partial charge on any atom is -0.472 e. The molecule has 0 N–H and O–H groups in total. The fraction of sp³-hybridized carbons (Fsp3) is 0.833. The monoisotopic (exact) mass is 962 g/mol. The van der Waals surface area contributed by atoms with E-state index in [0.717, 1.165) is 0 Å². The molecule has 59 heavy (non-hydrogen) atoms. The Morgan fingerprint density at radius 2 is 0.424 bits per heavy atom. The standard InChI is InChI=1S/C24H12F34O/c1-3-7(9(25,26)11(29,30)13(33,34)15(37,38)17(41,42)19(45,46)21(49,50)23(53,54)55)5-59-6-8(4-2)10(27,28)12(31,32)14(35,36)16(39,40)18(43,44)20(47,48)22(51,52)24(56,57)58/h5-6H,3-4H2,1-2H3.